The molecule has 11 nitrogen and oxygen atoms in total. The molecule has 0 heterocycles. The monoisotopic (exact) mass is 373 g/mol. The lowest BCUT2D eigenvalue weighted by Gasteiger charge is -1.74. The highest BCUT2D eigenvalue weighted by atomic mass is 16.4. The van der Waals surface area contributed by atoms with E-state index in [0.717, 1.165) is 40.7 Å². The van der Waals surface area contributed by atoms with E-state index < -0.39 is 23.9 Å². The largest absolute Gasteiger partial charge is 0.481 e. The molecule has 0 aliphatic carbocycles. The summed E-state index contributed by atoms with van der Waals surface area (Å²) in [5.74, 6) is -3.33. The van der Waals surface area contributed by atoms with Crippen LogP contribution in [0.3, 0.4) is 0 Å². The lowest BCUT2D eigenvalue weighted by Crippen LogP contribution is -1.94. The van der Waals surface area contributed by atoms with Crippen molar-refractivity contribution in [3.8, 4) is 0 Å². The number of aliphatic hydroxyl groups excluding tert-OH is 2. The van der Waals surface area contributed by atoms with Crippen molar-refractivity contribution >= 4 is 23.9 Å². The molecule has 0 aromatic heterocycles. The summed E-state index contributed by atoms with van der Waals surface area (Å²) < 4.78 is 0. The number of carboxylic acids is 4. The van der Waals surface area contributed by atoms with Gasteiger partial charge in [0.05, 0.1) is 13.2 Å². The molecule has 0 aromatic rings. The van der Waals surface area contributed by atoms with Crippen LogP contribution in [0.1, 0.15) is 34.1 Å². The van der Waals surface area contributed by atoms with Crippen molar-refractivity contribution in [2.24, 2.45) is 5.73 Å². The van der Waals surface area contributed by atoms with Gasteiger partial charge in [0, 0.05) is 27.7 Å². The summed E-state index contributed by atoms with van der Waals surface area (Å²) in [5, 5.41) is 44.9. The average Bonchev–Trinajstić information content (AvgIpc) is 2.37. The van der Waals surface area contributed by atoms with Crippen LogP contribution >= 0.6 is 0 Å². The van der Waals surface area contributed by atoms with Crippen molar-refractivity contribution in [1.82, 2.24) is 0 Å². The van der Waals surface area contributed by atoms with Gasteiger partial charge in [-0.3, -0.25) is 19.2 Å². The van der Waals surface area contributed by atoms with Gasteiger partial charge in [-0.15, -0.1) is 6.58 Å². The average molecular weight is 373 g/mol. The Bertz CT molecular complexity index is 253. The number of hydrogen-bond acceptors (Lipinski definition) is 7. The van der Waals surface area contributed by atoms with E-state index in [1.165, 1.54) is 0 Å². The fraction of sp³-hybridized carbons (Fsp3) is 0.571. The predicted molar refractivity (Wildman–Crippen MR) is 91.3 cm³/mol. The summed E-state index contributed by atoms with van der Waals surface area (Å²) in [6.07, 6.45) is 2.74. The number of nitrogens with two attached hydrogens (primary N) is 1. The van der Waals surface area contributed by atoms with Crippen LogP contribution in [-0.4, -0.2) is 74.3 Å². The molecule has 0 rings (SSSR count). The van der Waals surface area contributed by atoms with Gasteiger partial charge < -0.3 is 36.4 Å². The minimum atomic E-state index is -0.833. The van der Waals surface area contributed by atoms with Crippen LogP contribution in [0.5, 0.6) is 0 Å². The van der Waals surface area contributed by atoms with E-state index in [9.17, 15) is 0 Å². The topological polar surface area (TPSA) is 216 Å². The quantitative estimate of drug-likeness (QED) is 0.323. The summed E-state index contributed by atoms with van der Waals surface area (Å²) in [6, 6.07) is 0. The molecule has 0 aromatic carbocycles. The molecule has 0 atom stereocenters. The zero-order valence-electron chi connectivity index (χ0n) is 15.0. The Balaban J connectivity index is -0.0000000434. The minimum Gasteiger partial charge on any atom is -0.481 e. The highest BCUT2D eigenvalue weighted by molar-refractivity contribution is 5.63. The third-order valence-electron chi connectivity index (χ3n) is 0.471. The van der Waals surface area contributed by atoms with E-state index >= 15 is 0 Å². The SMILES string of the molecule is C=CCCN.CC(=O)O.CC(=O)O.CC(=O)O.CC(=O)O.OCCO. The van der Waals surface area contributed by atoms with E-state index in [1.54, 1.807) is 6.08 Å². The molecular weight excluding hydrogens is 342 g/mol. The van der Waals surface area contributed by atoms with Gasteiger partial charge in [-0.05, 0) is 13.0 Å². The fourth-order valence-corrected chi connectivity index (χ4v) is 0.118. The molecular formula is C14H31NO10. The third-order valence-corrected chi connectivity index (χ3v) is 0.471. The first-order chi connectivity index (χ1) is 11.3. The first-order valence-electron chi connectivity index (χ1n) is 6.57. The summed E-state index contributed by atoms with van der Waals surface area (Å²) in [6.45, 7) is 8.28. The Morgan fingerprint density at radius 1 is 0.760 bits per heavy atom. The maximum Gasteiger partial charge on any atom is 0.300 e. The Morgan fingerprint density at radius 3 is 0.920 bits per heavy atom. The van der Waals surface area contributed by atoms with E-state index in [1.807, 2.05) is 0 Å². The van der Waals surface area contributed by atoms with Crippen LogP contribution in [0.2, 0.25) is 0 Å². The van der Waals surface area contributed by atoms with Crippen molar-refractivity contribution in [3.63, 3.8) is 0 Å². The number of carbonyl (C=O) groups is 4. The van der Waals surface area contributed by atoms with Crippen LogP contribution < -0.4 is 5.73 Å². The molecule has 25 heavy (non-hydrogen) atoms. The van der Waals surface area contributed by atoms with Crippen molar-refractivity contribution < 1.29 is 49.8 Å². The normalized spacial score (nSPS) is 6.68. The molecule has 0 aliphatic heterocycles. The first kappa shape index (κ1) is 38.2. The second kappa shape index (κ2) is 43.0. The summed E-state index contributed by atoms with van der Waals surface area (Å²) in [4.78, 5) is 36.0. The van der Waals surface area contributed by atoms with Crippen LogP contribution in [0.4, 0.5) is 0 Å². The number of carboxylic acid groups (broad SMARTS) is 4. The van der Waals surface area contributed by atoms with Crippen LogP contribution in [0, 0.1) is 0 Å². The van der Waals surface area contributed by atoms with Gasteiger partial charge >= 0.3 is 0 Å². The van der Waals surface area contributed by atoms with Gasteiger partial charge in [0.15, 0.2) is 0 Å². The maximum atomic E-state index is 9.00. The predicted octanol–water partition coefficient (Wildman–Crippen LogP) is -0.144. The van der Waals surface area contributed by atoms with Crippen LogP contribution in [0.25, 0.3) is 0 Å². The van der Waals surface area contributed by atoms with Gasteiger partial charge in [-0.1, -0.05) is 6.08 Å². The molecule has 0 amide bonds. The number of aliphatic carboxylic acids is 4. The highest BCUT2D eigenvalue weighted by Gasteiger charge is 1.66. The summed E-state index contributed by atoms with van der Waals surface area (Å²) in [5.41, 5.74) is 5.07. The van der Waals surface area contributed by atoms with E-state index in [2.05, 4.69) is 6.58 Å². The molecule has 11 heteroatoms. The van der Waals surface area contributed by atoms with Crippen molar-refractivity contribution in [2.75, 3.05) is 19.8 Å². The van der Waals surface area contributed by atoms with Gasteiger partial charge in [-0.25, -0.2) is 0 Å². The van der Waals surface area contributed by atoms with Crippen LogP contribution in [0.15, 0.2) is 12.7 Å². The second-order valence-corrected chi connectivity index (χ2v) is 3.39. The van der Waals surface area contributed by atoms with Gasteiger partial charge in [0.2, 0.25) is 0 Å². The molecule has 0 aliphatic rings. The molecule has 0 bridgehead atoms. The number of aliphatic hydroxyl groups is 2. The molecule has 0 spiro atoms. The van der Waals surface area contributed by atoms with Gasteiger partial charge in [0.25, 0.3) is 23.9 Å². The van der Waals surface area contributed by atoms with Crippen molar-refractivity contribution in [2.45, 2.75) is 34.1 Å². The Labute approximate surface area is 147 Å². The molecule has 0 saturated heterocycles. The van der Waals surface area contributed by atoms with Crippen LogP contribution in [-0.2, 0) is 19.2 Å². The maximum absolute atomic E-state index is 9.00. The third kappa shape index (κ3) is 32700. The Morgan fingerprint density at radius 2 is 0.920 bits per heavy atom. The Kier molecular flexibility index (Phi) is 65.7. The lowest BCUT2D eigenvalue weighted by molar-refractivity contribution is -0.135. The standard InChI is InChI=1S/C4H9N.4C2H4O2.C2H6O2/c1-2-3-4-5;4*1-2(3)4;3-1-2-4/h2H,1,3-5H2;4*1H3,(H,3,4);3-4H,1-2H2. The molecule has 0 unspecified atom stereocenters. The summed E-state index contributed by atoms with van der Waals surface area (Å²) >= 11 is 0. The smallest absolute Gasteiger partial charge is 0.300 e. The molecule has 152 valence electrons. The number of rotatable bonds is 3. The van der Waals surface area contributed by atoms with Gasteiger partial charge in [-0.2, -0.15) is 0 Å². The summed E-state index contributed by atoms with van der Waals surface area (Å²) in [7, 11) is 0. The lowest BCUT2D eigenvalue weighted by atomic mass is 10.4. The van der Waals surface area contributed by atoms with E-state index in [-0.39, 0.29) is 13.2 Å². The molecule has 0 radical (unpaired) electrons. The fourth-order valence-electron chi connectivity index (χ4n) is 0.118. The highest BCUT2D eigenvalue weighted by Crippen LogP contribution is 1.67. The van der Waals surface area contributed by atoms with Crippen molar-refractivity contribution in [1.29, 1.82) is 0 Å². The zero-order valence-corrected chi connectivity index (χ0v) is 15.0. The molecule has 0 saturated carbocycles. The Hall–Kier alpha value is -2.50. The van der Waals surface area contributed by atoms with Crippen molar-refractivity contribution in [3.05, 3.63) is 12.7 Å². The van der Waals surface area contributed by atoms with Gasteiger partial charge in [0.1, 0.15) is 0 Å². The van der Waals surface area contributed by atoms with E-state index in [4.69, 9.17) is 55.6 Å². The molecule has 8 N–H and O–H groups in total. The second-order valence-electron chi connectivity index (χ2n) is 3.39. The zero-order chi connectivity index (χ0) is 21.8. The first-order valence-corrected chi connectivity index (χ1v) is 6.57. The molecule has 0 fully saturated rings. The number of hydrogen-bond donors (Lipinski definition) is 7. The minimum absolute atomic E-state index is 0.125. The van der Waals surface area contributed by atoms with E-state index in [0.29, 0.717) is 0 Å².